The monoisotopic (exact) mass is 396 g/mol. The number of rotatable bonds is 9. The number of aliphatic carboxylic acids is 1. The largest absolute Gasteiger partial charge is 0.490 e. The minimum atomic E-state index is -0.885. The second kappa shape index (κ2) is 9.81. The van der Waals surface area contributed by atoms with Crippen LogP contribution < -0.4 is 9.47 Å². The zero-order chi connectivity index (χ0) is 19.8. The maximum atomic E-state index is 11.8. The van der Waals surface area contributed by atoms with Crippen molar-refractivity contribution in [3.63, 3.8) is 0 Å². The van der Waals surface area contributed by atoms with Crippen molar-refractivity contribution < 1.29 is 19.4 Å². The zero-order valence-corrected chi connectivity index (χ0v) is 16.0. The standard InChI is InChI=1S/C23H21ClO4/c24-19-11-12-22(28-14-13-27-20-9-5-2-6-10-20)18(15-19)16-21(23(25)26)17-7-3-1-4-8-17/h1-12,15,21H,13-14,16H2,(H,25,26). The van der Waals surface area contributed by atoms with Crippen LogP contribution in [0.15, 0.2) is 78.9 Å². The summed E-state index contributed by atoms with van der Waals surface area (Å²) < 4.78 is 11.5. The van der Waals surface area contributed by atoms with E-state index in [9.17, 15) is 9.90 Å². The van der Waals surface area contributed by atoms with Crippen LogP contribution in [0.25, 0.3) is 0 Å². The van der Waals surface area contributed by atoms with Crippen molar-refractivity contribution in [3.8, 4) is 11.5 Å². The average molecular weight is 397 g/mol. The third-order valence-electron chi connectivity index (χ3n) is 4.30. The normalized spacial score (nSPS) is 11.6. The fourth-order valence-corrected chi connectivity index (χ4v) is 3.12. The summed E-state index contributed by atoms with van der Waals surface area (Å²) in [5.74, 6) is -0.173. The minimum Gasteiger partial charge on any atom is -0.490 e. The SMILES string of the molecule is O=C(O)C(Cc1cc(Cl)ccc1OCCOc1ccccc1)c1ccccc1. The van der Waals surface area contributed by atoms with Gasteiger partial charge >= 0.3 is 5.97 Å². The van der Waals surface area contributed by atoms with Crippen molar-refractivity contribution in [2.75, 3.05) is 13.2 Å². The summed E-state index contributed by atoms with van der Waals surface area (Å²) in [7, 11) is 0. The number of carbonyl (C=O) groups is 1. The van der Waals surface area contributed by atoms with E-state index in [-0.39, 0.29) is 6.42 Å². The van der Waals surface area contributed by atoms with Crippen molar-refractivity contribution in [1.29, 1.82) is 0 Å². The quantitative estimate of drug-likeness (QED) is 0.504. The van der Waals surface area contributed by atoms with Gasteiger partial charge in [-0.1, -0.05) is 60.1 Å². The van der Waals surface area contributed by atoms with E-state index in [0.717, 1.165) is 16.9 Å². The highest BCUT2D eigenvalue weighted by Gasteiger charge is 2.22. The minimum absolute atomic E-state index is 0.286. The average Bonchev–Trinajstić information content (AvgIpc) is 2.72. The molecule has 0 aliphatic heterocycles. The first-order chi connectivity index (χ1) is 13.6. The molecule has 0 heterocycles. The molecular formula is C23H21ClO4. The van der Waals surface area contributed by atoms with Gasteiger partial charge in [-0.3, -0.25) is 4.79 Å². The molecule has 0 saturated heterocycles. The van der Waals surface area contributed by atoms with Crippen molar-refractivity contribution >= 4 is 17.6 Å². The van der Waals surface area contributed by atoms with Crippen molar-refractivity contribution in [2.45, 2.75) is 12.3 Å². The van der Waals surface area contributed by atoms with Gasteiger partial charge in [-0.05, 0) is 47.9 Å². The highest BCUT2D eigenvalue weighted by molar-refractivity contribution is 6.30. The van der Waals surface area contributed by atoms with Crippen LogP contribution in [0.5, 0.6) is 11.5 Å². The molecule has 0 aliphatic carbocycles. The number of carboxylic acids is 1. The van der Waals surface area contributed by atoms with Crippen molar-refractivity contribution in [1.82, 2.24) is 0 Å². The topological polar surface area (TPSA) is 55.8 Å². The van der Waals surface area contributed by atoms with Gasteiger partial charge in [0.1, 0.15) is 24.7 Å². The highest BCUT2D eigenvalue weighted by Crippen LogP contribution is 2.29. The van der Waals surface area contributed by atoms with Crippen LogP contribution in [0.4, 0.5) is 0 Å². The highest BCUT2D eigenvalue weighted by atomic mass is 35.5. The smallest absolute Gasteiger partial charge is 0.311 e. The van der Waals surface area contributed by atoms with Crippen molar-refractivity contribution in [2.24, 2.45) is 0 Å². The van der Waals surface area contributed by atoms with E-state index >= 15 is 0 Å². The van der Waals surface area contributed by atoms with Crippen LogP contribution in [-0.4, -0.2) is 24.3 Å². The molecule has 0 fully saturated rings. The number of carboxylic acid groups (broad SMARTS) is 1. The Hall–Kier alpha value is -2.98. The van der Waals surface area contributed by atoms with Crippen molar-refractivity contribution in [3.05, 3.63) is 95.0 Å². The van der Waals surface area contributed by atoms with Gasteiger partial charge in [0.15, 0.2) is 0 Å². The lowest BCUT2D eigenvalue weighted by atomic mass is 9.92. The van der Waals surface area contributed by atoms with Gasteiger partial charge in [-0.15, -0.1) is 0 Å². The Morgan fingerprint density at radius 3 is 2.21 bits per heavy atom. The van der Waals surface area contributed by atoms with Gasteiger partial charge < -0.3 is 14.6 Å². The molecule has 0 aliphatic rings. The third kappa shape index (κ3) is 5.51. The number of ether oxygens (including phenoxy) is 2. The zero-order valence-electron chi connectivity index (χ0n) is 15.3. The van der Waals surface area contributed by atoms with E-state index in [2.05, 4.69) is 0 Å². The number of hydrogen-bond donors (Lipinski definition) is 1. The molecule has 144 valence electrons. The van der Waals surface area contributed by atoms with E-state index in [1.54, 1.807) is 18.2 Å². The summed E-state index contributed by atoms with van der Waals surface area (Å²) in [4.78, 5) is 11.8. The van der Waals surface area contributed by atoms with Crippen LogP contribution in [0.1, 0.15) is 17.0 Å². The van der Waals surface area contributed by atoms with E-state index in [1.165, 1.54) is 0 Å². The van der Waals surface area contributed by atoms with Gasteiger partial charge in [0.05, 0.1) is 5.92 Å². The van der Waals surface area contributed by atoms with E-state index in [4.69, 9.17) is 21.1 Å². The summed E-state index contributed by atoms with van der Waals surface area (Å²) >= 11 is 6.14. The molecule has 0 bridgehead atoms. The summed E-state index contributed by atoms with van der Waals surface area (Å²) in [5.41, 5.74) is 1.50. The van der Waals surface area contributed by atoms with Gasteiger partial charge in [-0.2, -0.15) is 0 Å². The van der Waals surface area contributed by atoms with Gasteiger partial charge in [0.2, 0.25) is 0 Å². The number of hydrogen-bond acceptors (Lipinski definition) is 3. The van der Waals surface area contributed by atoms with E-state index in [0.29, 0.717) is 24.0 Å². The fraction of sp³-hybridized carbons (Fsp3) is 0.174. The summed E-state index contributed by atoms with van der Waals surface area (Å²) in [6.07, 6.45) is 0.286. The Labute approximate surface area is 169 Å². The third-order valence-corrected chi connectivity index (χ3v) is 4.53. The Balaban J connectivity index is 1.68. The number of halogens is 1. The maximum absolute atomic E-state index is 11.8. The Morgan fingerprint density at radius 1 is 0.893 bits per heavy atom. The molecule has 3 rings (SSSR count). The summed E-state index contributed by atoms with van der Waals surface area (Å²) in [5, 5.41) is 10.2. The molecule has 4 nitrogen and oxygen atoms in total. The van der Waals surface area contributed by atoms with Gasteiger partial charge in [0.25, 0.3) is 0 Å². The first kappa shape index (κ1) is 19.8. The summed E-state index contributed by atoms with van der Waals surface area (Å²) in [6, 6.07) is 23.9. The van der Waals surface area contributed by atoms with Crippen LogP contribution in [0, 0.1) is 0 Å². The molecule has 0 spiro atoms. The van der Waals surface area contributed by atoms with Crippen LogP contribution >= 0.6 is 11.6 Å². The molecule has 3 aromatic rings. The van der Waals surface area contributed by atoms with E-state index < -0.39 is 11.9 Å². The molecular weight excluding hydrogens is 376 g/mol. The predicted molar refractivity (Wildman–Crippen MR) is 109 cm³/mol. The predicted octanol–water partition coefficient (Wildman–Crippen LogP) is 5.21. The molecule has 28 heavy (non-hydrogen) atoms. The first-order valence-electron chi connectivity index (χ1n) is 9.00. The first-order valence-corrected chi connectivity index (χ1v) is 9.38. The summed E-state index contributed by atoms with van der Waals surface area (Å²) in [6.45, 7) is 0.722. The number of benzene rings is 3. The second-order valence-electron chi connectivity index (χ2n) is 6.27. The lowest BCUT2D eigenvalue weighted by molar-refractivity contribution is -0.138. The van der Waals surface area contributed by atoms with E-state index in [1.807, 2.05) is 60.7 Å². The molecule has 1 unspecified atom stereocenters. The Bertz CT molecular complexity index is 897. The van der Waals surface area contributed by atoms with Gasteiger partial charge in [0, 0.05) is 5.02 Å². The lowest BCUT2D eigenvalue weighted by Crippen LogP contribution is -2.16. The maximum Gasteiger partial charge on any atom is 0.311 e. The molecule has 1 N–H and O–H groups in total. The number of para-hydroxylation sites is 1. The Kier molecular flexibility index (Phi) is 6.93. The molecule has 0 saturated carbocycles. The Morgan fingerprint density at radius 2 is 1.54 bits per heavy atom. The van der Waals surface area contributed by atoms with Crippen LogP contribution in [-0.2, 0) is 11.2 Å². The molecule has 3 aromatic carbocycles. The second-order valence-corrected chi connectivity index (χ2v) is 6.70. The lowest BCUT2D eigenvalue weighted by Gasteiger charge is -2.17. The van der Waals surface area contributed by atoms with Crippen LogP contribution in [0.2, 0.25) is 5.02 Å². The molecule has 0 aromatic heterocycles. The molecule has 5 heteroatoms. The molecule has 0 amide bonds. The molecule has 0 radical (unpaired) electrons. The molecule has 1 atom stereocenters. The van der Waals surface area contributed by atoms with Crippen LogP contribution in [0.3, 0.4) is 0 Å². The fourth-order valence-electron chi connectivity index (χ4n) is 2.93. The van der Waals surface area contributed by atoms with Gasteiger partial charge in [-0.25, -0.2) is 0 Å².